The van der Waals surface area contributed by atoms with E-state index in [9.17, 15) is 18.0 Å². The van der Waals surface area contributed by atoms with E-state index >= 15 is 0 Å². The lowest BCUT2D eigenvalue weighted by Gasteiger charge is -2.37. The summed E-state index contributed by atoms with van der Waals surface area (Å²) >= 11 is 1.09. The van der Waals surface area contributed by atoms with Gasteiger partial charge in [0.2, 0.25) is 11.7 Å². The normalized spacial score (nSPS) is 14.8. The second kappa shape index (κ2) is 6.87. The molecule has 30 heavy (non-hydrogen) atoms. The van der Waals surface area contributed by atoms with Crippen LogP contribution in [0.3, 0.4) is 0 Å². The van der Waals surface area contributed by atoms with Crippen molar-refractivity contribution in [2.24, 2.45) is 0 Å². The van der Waals surface area contributed by atoms with Crippen LogP contribution in [0.5, 0.6) is 0 Å². The van der Waals surface area contributed by atoms with Crippen LogP contribution in [0.2, 0.25) is 0 Å². The molecule has 0 spiro atoms. The van der Waals surface area contributed by atoms with Gasteiger partial charge in [-0.25, -0.2) is 0 Å². The number of amides is 1. The van der Waals surface area contributed by atoms with Crippen molar-refractivity contribution in [2.75, 3.05) is 13.1 Å². The quantitative estimate of drug-likeness (QED) is 0.488. The predicted octanol–water partition coefficient (Wildman–Crippen LogP) is 4.00. The van der Waals surface area contributed by atoms with Gasteiger partial charge in [-0.1, -0.05) is 17.3 Å². The maximum atomic E-state index is 12.9. The molecule has 0 bridgehead atoms. The molecule has 1 fully saturated rings. The number of nitrogens with zero attached hydrogens (tertiary/aromatic N) is 5. The van der Waals surface area contributed by atoms with Crippen LogP contribution < -0.4 is 0 Å². The van der Waals surface area contributed by atoms with Gasteiger partial charge in [0, 0.05) is 24.2 Å². The first-order valence-corrected chi connectivity index (χ1v) is 9.64. The fraction of sp³-hybridized carbons (Fsp3) is 0.211. The average molecular weight is 431 g/mol. The fourth-order valence-electron chi connectivity index (χ4n) is 3.25. The van der Waals surface area contributed by atoms with Crippen molar-refractivity contribution in [3.63, 3.8) is 0 Å². The lowest BCUT2D eigenvalue weighted by Crippen LogP contribution is -2.48. The molecule has 1 aliphatic heterocycles. The van der Waals surface area contributed by atoms with Gasteiger partial charge in [0.15, 0.2) is 0 Å². The number of likely N-dealkylation sites (tertiary alicyclic amines) is 1. The van der Waals surface area contributed by atoms with Crippen molar-refractivity contribution in [1.29, 1.82) is 0 Å². The van der Waals surface area contributed by atoms with Gasteiger partial charge in [-0.3, -0.25) is 4.79 Å². The third-order valence-corrected chi connectivity index (χ3v) is 5.47. The van der Waals surface area contributed by atoms with E-state index in [2.05, 4.69) is 18.9 Å². The second-order valence-electron chi connectivity index (χ2n) is 6.91. The molecule has 152 valence electrons. The van der Waals surface area contributed by atoms with Crippen LogP contribution in [0.1, 0.15) is 27.7 Å². The van der Waals surface area contributed by atoms with Crippen molar-refractivity contribution < 1.29 is 22.5 Å². The molecule has 7 nitrogen and oxygen atoms in total. The van der Waals surface area contributed by atoms with Gasteiger partial charge in [-0.05, 0) is 30.3 Å². The number of hydrogen-bond acceptors (Lipinski definition) is 7. The molecule has 0 aliphatic carbocycles. The van der Waals surface area contributed by atoms with E-state index in [1.165, 1.54) is 12.1 Å². The first-order valence-electron chi connectivity index (χ1n) is 8.91. The zero-order chi connectivity index (χ0) is 20.9. The summed E-state index contributed by atoms with van der Waals surface area (Å²) in [5.41, 5.74) is 1.37. The van der Waals surface area contributed by atoms with Crippen molar-refractivity contribution in [2.45, 2.75) is 12.1 Å². The van der Waals surface area contributed by atoms with E-state index in [1.807, 2.05) is 0 Å². The molecular weight excluding hydrogens is 419 g/mol. The molecule has 0 atom stereocenters. The molecule has 1 aliphatic rings. The molecule has 3 heterocycles. The zero-order valence-electron chi connectivity index (χ0n) is 15.1. The summed E-state index contributed by atoms with van der Waals surface area (Å²) in [4.78, 5) is 18.5. The molecular formula is C19H12F3N5O2S. The van der Waals surface area contributed by atoms with Crippen molar-refractivity contribution in [3.8, 4) is 11.4 Å². The van der Waals surface area contributed by atoms with E-state index < -0.39 is 11.7 Å². The number of benzene rings is 2. The van der Waals surface area contributed by atoms with Crippen LogP contribution in [-0.4, -0.2) is 42.8 Å². The maximum Gasteiger partial charge on any atom is 0.416 e. The van der Waals surface area contributed by atoms with Gasteiger partial charge in [0.05, 0.1) is 23.2 Å². The minimum Gasteiger partial charge on any atom is -0.339 e. The second-order valence-corrected chi connectivity index (χ2v) is 7.44. The highest BCUT2D eigenvalue weighted by atomic mass is 32.1. The van der Waals surface area contributed by atoms with E-state index in [0.29, 0.717) is 30.1 Å². The first-order chi connectivity index (χ1) is 14.4. The molecule has 1 amide bonds. The Morgan fingerprint density at radius 3 is 2.70 bits per heavy atom. The van der Waals surface area contributed by atoms with Crippen LogP contribution in [0.25, 0.3) is 22.4 Å². The Hall–Kier alpha value is -3.34. The minimum atomic E-state index is -4.45. The minimum absolute atomic E-state index is 0.0855. The number of aromatic nitrogens is 4. The van der Waals surface area contributed by atoms with Crippen molar-refractivity contribution in [1.82, 2.24) is 23.8 Å². The highest BCUT2D eigenvalue weighted by molar-refractivity contribution is 7.00. The van der Waals surface area contributed by atoms with Crippen molar-refractivity contribution in [3.05, 3.63) is 59.5 Å². The molecule has 0 N–H and O–H groups in total. The Morgan fingerprint density at radius 1 is 1.10 bits per heavy atom. The van der Waals surface area contributed by atoms with Crippen molar-refractivity contribution >= 4 is 28.7 Å². The summed E-state index contributed by atoms with van der Waals surface area (Å²) in [6, 6.07) is 9.91. The van der Waals surface area contributed by atoms with Crippen LogP contribution in [0.15, 0.2) is 47.0 Å². The fourth-order valence-corrected chi connectivity index (χ4v) is 3.77. The largest absolute Gasteiger partial charge is 0.416 e. The number of carbonyl (C=O) groups excluding carboxylic acids is 1. The molecule has 5 rings (SSSR count). The molecule has 2 aromatic carbocycles. The average Bonchev–Trinajstić information content (AvgIpc) is 3.35. The topological polar surface area (TPSA) is 85.0 Å². The van der Waals surface area contributed by atoms with Crippen LogP contribution in [-0.2, 0) is 6.18 Å². The molecule has 0 radical (unpaired) electrons. The first kappa shape index (κ1) is 18.7. The third kappa shape index (κ3) is 3.30. The van der Waals surface area contributed by atoms with Crippen LogP contribution in [0, 0.1) is 0 Å². The smallest absolute Gasteiger partial charge is 0.339 e. The molecule has 4 aromatic rings. The highest BCUT2D eigenvalue weighted by Crippen LogP contribution is 2.33. The third-order valence-electron chi connectivity index (χ3n) is 4.91. The van der Waals surface area contributed by atoms with E-state index in [1.54, 1.807) is 23.1 Å². The van der Waals surface area contributed by atoms with E-state index in [-0.39, 0.29) is 23.2 Å². The molecule has 0 saturated carbocycles. The maximum absolute atomic E-state index is 12.9. The molecule has 11 heteroatoms. The Labute approximate surface area is 171 Å². The SMILES string of the molecule is O=C(c1ccc2nsnc2c1)N1CC(c2nc(-c3cccc(C(F)(F)F)c3)no2)C1. The molecule has 2 aromatic heterocycles. The lowest BCUT2D eigenvalue weighted by molar-refractivity contribution is -0.137. The summed E-state index contributed by atoms with van der Waals surface area (Å²) in [6.07, 6.45) is -4.45. The van der Waals surface area contributed by atoms with Crippen LogP contribution >= 0.6 is 11.7 Å². The Kier molecular flexibility index (Phi) is 4.28. The van der Waals surface area contributed by atoms with Gasteiger partial charge in [-0.15, -0.1) is 0 Å². The number of fused-ring (bicyclic) bond motifs is 1. The summed E-state index contributed by atoms with van der Waals surface area (Å²) < 4.78 is 52.2. The summed E-state index contributed by atoms with van der Waals surface area (Å²) in [5.74, 6) is 0.0809. The number of hydrogen-bond donors (Lipinski definition) is 0. The summed E-state index contributed by atoms with van der Waals surface area (Å²) in [7, 11) is 0. The predicted molar refractivity (Wildman–Crippen MR) is 101 cm³/mol. The van der Waals surface area contributed by atoms with E-state index in [0.717, 1.165) is 29.4 Å². The zero-order valence-corrected chi connectivity index (χ0v) is 15.9. The Balaban J connectivity index is 1.28. The number of halogens is 3. The van der Waals surface area contributed by atoms with Gasteiger partial charge < -0.3 is 9.42 Å². The number of carbonyl (C=O) groups is 1. The summed E-state index contributed by atoms with van der Waals surface area (Å²) in [5, 5.41) is 3.80. The number of alkyl halides is 3. The highest BCUT2D eigenvalue weighted by Gasteiger charge is 2.36. The Morgan fingerprint density at radius 2 is 1.90 bits per heavy atom. The Bertz CT molecular complexity index is 1250. The van der Waals surface area contributed by atoms with Gasteiger partial charge >= 0.3 is 6.18 Å². The molecule has 1 saturated heterocycles. The monoisotopic (exact) mass is 431 g/mol. The van der Waals surface area contributed by atoms with Gasteiger partial charge in [0.1, 0.15) is 11.0 Å². The standard InChI is InChI=1S/C19H12F3N5O2S/c20-19(21,22)13-3-1-2-10(6-13)16-23-17(29-24-16)12-8-27(9-12)18(28)11-4-5-14-15(7-11)26-30-25-14/h1-7,12H,8-9H2. The van der Waals surface area contributed by atoms with Crippen LogP contribution in [0.4, 0.5) is 13.2 Å². The van der Waals surface area contributed by atoms with E-state index in [4.69, 9.17) is 4.52 Å². The molecule has 0 unspecified atom stereocenters. The van der Waals surface area contributed by atoms with Gasteiger partial charge in [0.25, 0.3) is 5.91 Å². The lowest BCUT2D eigenvalue weighted by atomic mass is 9.98. The number of rotatable bonds is 3. The van der Waals surface area contributed by atoms with Gasteiger partial charge in [-0.2, -0.15) is 26.9 Å². The summed E-state index contributed by atoms with van der Waals surface area (Å²) in [6.45, 7) is 0.771.